The van der Waals surface area contributed by atoms with Crippen molar-refractivity contribution in [3.63, 3.8) is 0 Å². The van der Waals surface area contributed by atoms with Gasteiger partial charge in [0, 0.05) is 12.5 Å². The van der Waals surface area contributed by atoms with Gasteiger partial charge in [0.05, 0.1) is 17.0 Å². The highest BCUT2D eigenvalue weighted by Gasteiger charge is 2.47. The summed E-state index contributed by atoms with van der Waals surface area (Å²) in [4.78, 5) is 15.5. The second kappa shape index (κ2) is 3.58. The number of carboxylic acids is 1. The van der Waals surface area contributed by atoms with Gasteiger partial charge in [0.25, 0.3) is 0 Å². The molecule has 0 spiro atoms. The first kappa shape index (κ1) is 10.3. The maximum atomic E-state index is 10.9. The molecule has 0 radical (unpaired) electrons. The smallest absolute Gasteiger partial charge is 0.307 e. The van der Waals surface area contributed by atoms with Crippen LogP contribution in [0.25, 0.3) is 11.0 Å². The highest BCUT2D eigenvalue weighted by Crippen LogP contribution is 2.47. The van der Waals surface area contributed by atoms with E-state index in [1.807, 2.05) is 24.3 Å². The van der Waals surface area contributed by atoms with Crippen LogP contribution in [0.1, 0.15) is 25.1 Å². The predicted octanol–water partition coefficient (Wildman–Crippen LogP) is 2.24. The third-order valence-corrected chi connectivity index (χ3v) is 3.44. The van der Waals surface area contributed by atoms with Crippen LogP contribution in [0.5, 0.6) is 0 Å². The maximum absolute atomic E-state index is 10.9. The summed E-state index contributed by atoms with van der Waals surface area (Å²) in [6.45, 7) is 2.90. The van der Waals surface area contributed by atoms with Gasteiger partial charge in [-0.1, -0.05) is 12.1 Å². The fourth-order valence-electron chi connectivity index (χ4n) is 2.46. The molecule has 4 nitrogen and oxygen atoms in total. The van der Waals surface area contributed by atoms with Crippen LogP contribution in [0.15, 0.2) is 24.3 Å². The van der Waals surface area contributed by atoms with Crippen LogP contribution in [0, 0.1) is 5.92 Å². The Labute approximate surface area is 98.9 Å². The predicted molar refractivity (Wildman–Crippen MR) is 63.9 cm³/mol. The summed E-state index contributed by atoms with van der Waals surface area (Å²) >= 11 is 0. The van der Waals surface area contributed by atoms with E-state index in [4.69, 9.17) is 5.11 Å². The van der Waals surface area contributed by atoms with E-state index in [1.54, 1.807) is 0 Å². The number of hydrogen-bond donors (Lipinski definition) is 1. The van der Waals surface area contributed by atoms with Gasteiger partial charge >= 0.3 is 5.97 Å². The van der Waals surface area contributed by atoms with Crippen LogP contribution >= 0.6 is 0 Å². The molecule has 1 aromatic heterocycles. The number of nitrogens with zero attached hydrogens (tertiary/aromatic N) is 2. The average molecular weight is 230 g/mol. The van der Waals surface area contributed by atoms with E-state index in [-0.39, 0.29) is 11.8 Å². The first-order valence-electron chi connectivity index (χ1n) is 5.90. The van der Waals surface area contributed by atoms with Crippen molar-refractivity contribution in [1.82, 2.24) is 9.55 Å². The third kappa shape index (κ3) is 1.52. The highest BCUT2D eigenvalue weighted by atomic mass is 16.4. The zero-order chi connectivity index (χ0) is 12.0. The van der Waals surface area contributed by atoms with Gasteiger partial charge in [-0.15, -0.1) is 0 Å². The van der Waals surface area contributed by atoms with Crippen molar-refractivity contribution in [2.45, 2.75) is 25.8 Å². The molecule has 2 aromatic rings. The second-order valence-electron chi connectivity index (χ2n) is 4.49. The summed E-state index contributed by atoms with van der Waals surface area (Å²) < 4.78 is 2.13. The Kier molecular flexibility index (Phi) is 2.18. The Balaban J connectivity index is 2.08. The molecule has 17 heavy (non-hydrogen) atoms. The molecule has 0 amide bonds. The lowest BCUT2D eigenvalue weighted by Gasteiger charge is -2.04. The van der Waals surface area contributed by atoms with Crippen molar-refractivity contribution in [3.8, 4) is 0 Å². The normalized spacial score (nSPS) is 22.9. The molecule has 1 aromatic carbocycles. The van der Waals surface area contributed by atoms with Gasteiger partial charge in [0.2, 0.25) is 0 Å². The molecule has 88 valence electrons. The van der Waals surface area contributed by atoms with E-state index in [1.165, 1.54) is 0 Å². The molecule has 0 bridgehead atoms. The van der Waals surface area contributed by atoms with Crippen molar-refractivity contribution < 1.29 is 9.90 Å². The number of carboxylic acid groups (broad SMARTS) is 1. The summed E-state index contributed by atoms with van der Waals surface area (Å²) in [5.41, 5.74) is 2.06. The summed E-state index contributed by atoms with van der Waals surface area (Å²) in [5, 5.41) is 8.99. The lowest BCUT2D eigenvalue weighted by Crippen LogP contribution is -2.04. The van der Waals surface area contributed by atoms with Gasteiger partial charge in [-0.3, -0.25) is 4.79 Å². The van der Waals surface area contributed by atoms with E-state index in [9.17, 15) is 4.79 Å². The monoisotopic (exact) mass is 230 g/mol. The van der Waals surface area contributed by atoms with Crippen molar-refractivity contribution in [2.75, 3.05) is 0 Å². The minimum Gasteiger partial charge on any atom is -0.481 e. The summed E-state index contributed by atoms with van der Waals surface area (Å²) in [7, 11) is 0. The number of hydrogen-bond acceptors (Lipinski definition) is 2. The number of carbonyl (C=O) groups is 1. The SMILES string of the molecule is CCn1c([C@H]2CC2C(=O)O)nc2ccccc21. The first-order chi connectivity index (χ1) is 8.22. The molecule has 3 rings (SSSR count). The van der Waals surface area contributed by atoms with Gasteiger partial charge in [-0.05, 0) is 25.5 Å². The molecule has 1 aliphatic rings. The van der Waals surface area contributed by atoms with Crippen LogP contribution in [0.2, 0.25) is 0 Å². The molecule has 1 unspecified atom stereocenters. The van der Waals surface area contributed by atoms with Gasteiger partial charge in [0.1, 0.15) is 5.82 Å². The molecule has 4 heteroatoms. The second-order valence-corrected chi connectivity index (χ2v) is 4.49. The number of benzene rings is 1. The van der Waals surface area contributed by atoms with Crippen LogP contribution in [0.4, 0.5) is 0 Å². The number of para-hydroxylation sites is 2. The molecule has 0 saturated heterocycles. The van der Waals surface area contributed by atoms with Gasteiger partial charge < -0.3 is 9.67 Å². The lowest BCUT2D eigenvalue weighted by molar-refractivity contribution is -0.138. The summed E-state index contributed by atoms with van der Waals surface area (Å²) in [6, 6.07) is 7.96. The fraction of sp³-hybridized carbons (Fsp3) is 0.385. The summed E-state index contributed by atoms with van der Waals surface area (Å²) in [6.07, 6.45) is 0.721. The number of fused-ring (bicyclic) bond motifs is 1. The molecule has 1 N–H and O–H groups in total. The van der Waals surface area contributed by atoms with Gasteiger partial charge in [-0.2, -0.15) is 0 Å². The van der Waals surface area contributed by atoms with E-state index >= 15 is 0 Å². The Morgan fingerprint density at radius 3 is 2.94 bits per heavy atom. The molecule has 1 aliphatic carbocycles. The topological polar surface area (TPSA) is 55.1 Å². The number of imidazole rings is 1. The number of aryl methyl sites for hydroxylation is 1. The maximum Gasteiger partial charge on any atom is 0.307 e. The lowest BCUT2D eigenvalue weighted by atomic mass is 10.3. The zero-order valence-electron chi connectivity index (χ0n) is 9.63. The number of aromatic nitrogens is 2. The Hall–Kier alpha value is -1.84. The zero-order valence-corrected chi connectivity index (χ0v) is 9.63. The van der Waals surface area contributed by atoms with Crippen molar-refractivity contribution >= 4 is 17.0 Å². The molecular formula is C13H14N2O2. The van der Waals surface area contributed by atoms with Crippen LogP contribution < -0.4 is 0 Å². The first-order valence-corrected chi connectivity index (χ1v) is 5.90. The Bertz CT molecular complexity index is 588. The van der Waals surface area contributed by atoms with Crippen LogP contribution in [-0.4, -0.2) is 20.6 Å². The van der Waals surface area contributed by atoms with Crippen LogP contribution in [-0.2, 0) is 11.3 Å². The van der Waals surface area contributed by atoms with E-state index in [0.29, 0.717) is 0 Å². The molecule has 2 atom stereocenters. The highest BCUT2D eigenvalue weighted by molar-refractivity contribution is 5.78. The van der Waals surface area contributed by atoms with Crippen molar-refractivity contribution in [1.29, 1.82) is 0 Å². The molecule has 1 heterocycles. The number of rotatable bonds is 3. The van der Waals surface area contributed by atoms with Crippen LogP contribution in [0.3, 0.4) is 0 Å². The Morgan fingerprint density at radius 2 is 2.29 bits per heavy atom. The molecule has 1 saturated carbocycles. The molecule has 0 aliphatic heterocycles. The minimum absolute atomic E-state index is 0.0971. The summed E-state index contributed by atoms with van der Waals surface area (Å²) in [5.74, 6) is 0.0859. The molecule has 1 fully saturated rings. The standard InChI is InChI=1S/C13H14N2O2/c1-2-15-11-6-4-3-5-10(11)14-12(15)8-7-9(8)13(16)17/h3-6,8-9H,2,7H2,1H3,(H,16,17)/t8-,9?/m0/s1. The number of aliphatic carboxylic acids is 1. The minimum atomic E-state index is -0.704. The van der Waals surface area contributed by atoms with Crippen molar-refractivity contribution in [2.24, 2.45) is 5.92 Å². The fourth-order valence-corrected chi connectivity index (χ4v) is 2.46. The van der Waals surface area contributed by atoms with Crippen molar-refractivity contribution in [3.05, 3.63) is 30.1 Å². The average Bonchev–Trinajstić information content (AvgIpc) is 3.04. The van der Waals surface area contributed by atoms with E-state index in [2.05, 4.69) is 16.5 Å². The quantitative estimate of drug-likeness (QED) is 0.879. The largest absolute Gasteiger partial charge is 0.481 e. The Morgan fingerprint density at radius 1 is 1.53 bits per heavy atom. The van der Waals surface area contributed by atoms with Gasteiger partial charge in [0.15, 0.2) is 0 Å². The molecular weight excluding hydrogens is 216 g/mol. The van der Waals surface area contributed by atoms with E-state index < -0.39 is 5.97 Å². The van der Waals surface area contributed by atoms with E-state index in [0.717, 1.165) is 29.8 Å². The third-order valence-electron chi connectivity index (χ3n) is 3.44. The van der Waals surface area contributed by atoms with Gasteiger partial charge in [-0.25, -0.2) is 4.98 Å².